The molecule has 53 heavy (non-hydrogen) atoms. The van der Waals surface area contributed by atoms with E-state index in [2.05, 4.69) is 41.8 Å². The number of nitrogens with one attached hydrogen (secondary N) is 5. The molecule has 1 saturated heterocycles. The van der Waals surface area contributed by atoms with Gasteiger partial charge in [-0.15, -0.1) is 5.10 Å². The van der Waals surface area contributed by atoms with Crippen LogP contribution in [0.3, 0.4) is 0 Å². The van der Waals surface area contributed by atoms with E-state index in [9.17, 15) is 39.0 Å². The van der Waals surface area contributed by atoms with Gasteiger partial charge in [0.1, 0.15) is 18.1 Å². The maximum Gasteiger partial charge on any atom is 0.352 e. The largest absolute Gasteiger partial charge is 0.481 e. The van der Waals surface area contributed by atoms with Gasteiger partial charge in [-0.1, -0.05) is 23.7 Å². The topological polar surface area (TPSA) is 254 Å². The molecule has 3 heterocycles. The standard InChI is InChI=1S/C34H31ClN10O8/c35-21-3-8-28(45-17-36-42-43-45)25(16-21)40-30(47)31(48)41-26(29(46)37-23-6-7-24-20(14-23)15-27(39-24)33(51)52)13-18-1-4-22(5-2-18)38-34(53)44-11-9-19(10-12-44)32(49)50/h1-8,14-17,19,26,39H,9-13H2,(H,37,46)(H,38,53)(H,40,47)(H,41,48)(H,49,50)(H,51,52). The Morgan fingerprint density at radius 3 is 2.28 bits per heavy atom. The average molecular weight is 743 g/mol. The Labute approximate surface area is 304 Å². The highest BCUT2D eigenvalue weighted by atomic mass is 35.5. The molecule has 0 bridgehead atoms. The number of carbonyl (C=O) groups is 6. The minimum atomic E-state index is -1.29. The number of carboxylic acid groups (broad SMARTS) is 2. The molecule has 6 rings (SSSR count). The van der Waals surface area contributed by atoms with Gasteiger partial charge < -0.3 is 41.4 Å². The number of hydrogen-bond acceptors (Lipinski definition) is 9. The number of carbonyl (C=O) groups excluding carboxylic acids is 4. The molecule has 19 heteroatoms. The SMILES string of the molecule is O=C(Nc1cc(Cl)ccc1-n1cnnn1)C(=O)NC(Cc1ccc(NC(=O)N2CCC(C(=O)O)CC2)cc1)C(=O)Nc1ccc2[nH]c(C(=O)O)cc2c1. The Bertz CT molecular complexity index is 2200. The van der Waals surface area contributed by atoms with Crippen molar-refractivity contribution in [3.8, 4) is 5.69 Å². The van der Waals surface area contributed by atoms with Crippen molar-refractivity contribution in [2.24, 2.45) is 5.92 Å². The summed E-state index contributed by atoms with van der Waals surface area (Å²) in [6.07, 6.45) is 1.92. The van der Waals surface area contributed by atoms with E-state index in [4.69, 9.17) is 11.6 Å². The maximum absolute atomic E-state index is 13.7. The van der Waals surface area contributed by atoms with E-state index in [-0.39, 0.29) is 28.9 Å². The molecule has 0 aliphatic carbocycles. The number of aliphatic carboxylic acids is 1. The first-order valence-corrected chi connectivity index (χ1v) is 16.5. The molecule has 1 unspecified atom stereocenters. The van der Waals surface area contributed by atoms with Crippen LogP contribution in [0.4, 0.5) is 21.9 Å². The molecule has 3 aromatic carbocycles. The van der Waals surface area contributed by atoms with Crippen molar-refractivity contribution >= 4 is 75.3 Å². The van der Waals surface area contributed by atoms with Gasteiger partial charge in [-0.25, -0.2) is 9.59 Å². The molecule has 2 aromatic heterocycles. The van der Waals surface area contributed by atoms with Crippen molar-refractivity contribution < 1.29 is 39.0 Å². The first-order valence-electron chi connectivity index (χ1n) is 16.1. The number of halogens is 1. The van der Waals surface area contributed by atoms with Gasteiger partial charge in [-0.05, 0) is 83.4 Å². The third kappa shape index (κ3) is 8.74. The van der Waals surface area contributed by atoms with Gasteiger partial charge in [0, 0.05) is 46.8 Å². The highest BCUT2D eigenvalue weighted by molar-refractivity contribution is 6.40. The summed E-state index contributed by atoms with van der Waals surface area (Å²) in [6, 6.07) is 15.4. The van der Waals surface area contributed by atoms with Crippen molar-refractivity contribution in [1.29, 1.82) is 0 Å². The summed E-state index contributed by atoms with van der Waals surface area (Å²) >= 11 is 6.14. The van der Waals surface area contributed by atoms with E-state index in [0.29, 0.717) is 59.5 Å². The van der Waals surface area contributed by atoms with Gasteiger partial charge in [0.2, 0.25) is 5.91 Å². The fourth-order valence-corrected chi connectivity index (χ4v) is 5.91. The number of amides is 5. The minimum absolute atomic E-state index is 0.0371. The second-order valence-corrected chi connectivity index (χ2v) is 12.5. The van der Waals surface area contributed by atoms with Gasteiger partial charge in [0.15, 0.2) is 0 Å². The lowest BCUT2D eigenvalue weighted by atomic mass is 9.97. The fraction of sp³-hybridized carbons (Fsp3) is 0.206. The molecule has 5 aromatic rings. The van der Waals surface area contributed by atoms with Crippen LogP contribution in [0.25, 0.3) is 16.6 Å². The number of likely N-dealkylation sites (tertiary alicyclic amines) is 1. The smallest absolute Gasteiger partial charge is 0.352 e. The molecular weight excluding hydrogens is 712 g/mol. The molecule has 1 aliphatic heterocycles. The number of aromatic amines is 1. The van der Waals surface area contributed by atoms with Gasteiger partial charge in [0.25, 0.3) is 0 Å². The summed E-state index contributed by atoms with van der Waals surface area (Å²) in [5.74, 6) is -5.45. The van der Waals surface area contributed by atoms with Crippen LogP contribution < -0.4 is 21.3 Å². The molecule has 0 saturated carbocycles. The third-order valence-electron chi connectivity index (χ3n) is 8.53. The van der Waals surface area contributed by atoms with E-state index in [1.165, 1.54) is 34.1 Å². The normalized spacial score (nSPS) is 13.6. The van der Waals surface area contributed by atoms with Gasteiger partial charge in [-0.2, -0.15) is 4.68 Å². The number of rotatable bonds is 10. The minimum Gasteiger partial charge on any atom is -0.481 e. The molecule has 7 N–H and O–H groups in total. The van der Waals surface area contributed by atoms with Crippen molar-refractivity contribution in [2.45, 2.75) is 25.3 Å². The highest BCUT2D eigenvalue weighted by Gasteiger charge is 2.28. The molecule has 0 spiro atoms. The predicted octanol–water partition coefficient (Wildman–Crippen LogP) is 3.13. The molecule has 1 atom stereocenters. The first-order chi connectivity index (χ1) is 25.4. The summed E-state index contributed by atoms with van der Waals surface area (Å²) in [4.78, 5) is 79.9. The van der Waals surface area contributed by atoms with E-state index in [0.717, 1.165) is 0 Å². The molecular formula is C34H31ClN10O8. The monoisotopic (exact) mass is 742 g/mol. The lowest BCUT2D eigenvalue weighted by Crippen LogP contribution is -2.49. The average Bonchev–Trinajstić information content (AvgIpc) is 3.83. The van der Waals surface area contributed by atoms with Gasteiger partial charge >= 0.3 is 29.8 Å². The number of hydrogen-bond donors (Lipinski definition) is 7. The summed E-state index contributed by atoms with van der Waals surface area (Å²) < 4.78 is 1.26. The molecule has 18 nitrogen and oxygen atoms in total. The molecule has 272 valence electrons. The first kappa shape index (κ1) is 36.0. The summed E-state index contributed by atoms with van der Waals surface area (Å²) in [7, 11) is 0. The van der Waals surface area contributed by atoms with Crippen LogP contribution >= 0.6 is 11.6 Å². The van der Waals surface area contributed by atoms with Crippen molar-refractivity contribution in [1.82, 2.24) is 35.4 Å². The van der Waals surface area contributed by atoms with Gasteiger partial charge in [-0.3, -0.25) is 19.2 Å². The second-order valence-electron chi connectivity index (χ2n) is 12.1. The number of urea groups is 1. The number of nitrogens with zero attached hydrogens (tertiary/aromatic N) is 5. The number of piperidine rings is 1. The number of aromatic carboxylic acids is 1. The Kier molecular flexibility index (Phi) is 10.6. The van der Waals surface area contributed by atoms with E-state index in [1.54, 1.807) is 48.5 Å². The zero-order valence-corrected chi connectivity index (χ0v) is 28.3. The molecule has 5 amide bonds. The van der Waals surface area contributed by atoms with E-state index >= 15 is 0 Å². The molecule has 1 fully saturated rings. The quantitative estimate of drug-likeness (QED) is 0.102. The highest BCUT2D eigenvalue weighted by Crippen LogP contribution is 2.25. The van der Waals surface area contributed by atoms with E-state index in [1.807, 2.05) is 0 Å². The van der Waals surface area contributed by atoms with Crippen LogP contribution in [0.2, 0.25) is 5.02 Å². The fourth-order valence-electron chi connectivity index (χ4n) is 5.74. The van der Waals surface area contributed by atoms with Crippen molar-refractivity contribution in [3.63, 3.8) is 0 Å². The third-order valence-corrected chi connectivity index (χ3v) is 8.76. The van der Waals surface area contributed by atoms with Crippen molar-refractivity contribution in [3.05, 3.63) is 89.3 Å². The number of benzene rings is 3. The number of carboxylic acids is 2. The van der Waals surface area contributed by atoms with Crippen molar-refractivity contribution in [2.75, 3.05) is 29.0 Å². The summed E-state index contributed by atoms with van der Waals surface area (Å²) in [5.41, 5.74) is 2.25. The molecule has 1 aliphatic rings. The van der Waals surface area contributed by atoms with E-state index < -0.39 is 41.6 Å². The Balaban J connectivity index is 1.17. The van der Waals surface area contributed by atoms with Gasteiger partial charge in [0.05, 0.1) is 17.3 Å². The summed E-state index contributed by atoms with van der Waals surface area (Å²) in [5, 5.41) is 40.7. The number of H-pyrrole nitrogens is 1. The lowest BCUT2D eigenvalue weighted by molar-refractivity contribution is -0.143. The van der Waals surface area contributed by atoms with Crippen LogP contribution in [0.1, 0.15) is 28.9 Å². The Hall–Kier alpha value is -6.82. The van der Waals surface area contributed by atoms with Crippen LogP contribution in [0.15, 0.2) is 73.1 Å². The van der Waals surface area contributed by atoms with Crippen LogP contribution in [-0.4, -0.2) is 95.1 Å². The second kappa shape index (κ2) is 15.6. The summed E-state index contributed by atoms with van der Waals surface area (Å²) in [6.45, 7) is 0.609. The zero-order valence-electron chi connectivity index (χ0n) is 27.6. The number of fused-ring (bicyclic) bond motifs is 1. The number of aromatic nitrogens is 5. The van der Waals surface area contributed by atoms with Crippen LogP contribution in [0, 0.1) is 5.92 Å². The lowest BCUT2D eigenvalue weighted by Gasteiger charge is -2.30. The number of anilines is 3. The Morgan fingerprint density at radius 1 is 0.868 bits per heavy atom. The molecule has 0 radical (unpaired) electrons. The van der Waals surface area contributed by atoms with Crippen LogP contribution in [-0.2, 0) is 25.6 Å². The Morgan fingerprint density at radius 2 is 1.60 bits per heavy atom. The zero-order chi connectivity index (χ0) is 37.6. The maximum atomic E-state index is 13.7. The number of tetrazole rings is 1. The van der Waals surface area contributed by atoms with Crippen LogP contribution in [0.5, 0.6) is 0 Å². The predicted molar refractivity (Wildman–Crippen MR) is 190 cm³/mol.